The fraction of sp³-hybridized carbons (Fsp3) is 0.0625. The quantitative estimate of drug-likeness (QED) is 0.679. The molecule has 2 nitrogen and oxygen atoms in total. The van der Waals surface area contributed by atoms with E-state index >= 15 is 0 Å². The van der Waals surface area contributed by atoms with Gasteiger partial charge in [0.25, 0.3) is 0 Å². The summed E-state index contributed by atoms with van der Waals surface area (Å²) in [6.45, 7) is 1.93. The second-order valence-electron chi connectivity index (χ2n) is 4.64. The van der Waals surface area contributed by atoms with Gasteiger partial charge in [-0.25, -0.2) is 4.39 Å². The molecule has 0 saturated carbocycles. The average Bonchev–Trinajstić information content (AvgIpc) is 2.84. The zero-order valence-electron chi connectivity index (χ0n) is 10.9. The first-order valence-electron chi connectivity index (χ1n) is 6.29. The molecule has 0 radical (unpaired) electrons. The van der Waals surface area contributed by atoms with Crippen LogP contribution in [0.2, 0.25) is 0 Å². The van der Waals surface area contributed by atoms with Crippen molar-refractivity contribution >= 4 is 12.2 Å². The van der Waals surface area contributed by atoms with Crippen LogP contribution in [0.3, 0.4) is 0 Å². The highest BCUT2D eigenvalue weighted by atomic mass is 32.1. The molecule has 4 heteroatoms. The highest BCUT2D eigenvalue weighted by molar-refractivity contribution is 7.71. The molecular weight excluding hydrogens is 271 g/mol. The molecule has 2 aromatic carbocycles. The Bertz CT molecular complexity index is 803. The maximum absolute atomic E-state index is 14.1. The predicted octanol–water partition coefficient (Wildman–Crippen LogP) is 4.65. The highest BCUT2D eigenvalue weighted by Crippen LogP contribution is 2.25. The summed E-state index contributed by atoms with van der Waals surface area (Å²) >= 11 is 5.30. The van der Waals surface area contributed by atoms with E-state index in [1.807, 2.05) is 37.3 Å². The van der Waals surface area contributed by atoms with Gasteiger partial charge in [0.1, 0.15) is 5.82 Å². The summed E-state index contributed by atoms with van der Waals surface area (Å²) in [6, 6.07) is 14.8. The lowest BCUT2D eigenvalue weighted by Gasteiger charge is -2.10. The molecule has 0 amide bonds. The van der Waals surface area contributed by atoms with Crippen molar-refractivity contribution in [1.29, 1.82) is 0 Å². The van der Waals surface area contributed by atoms with Gasteiger partial charge in [-0.1, -0.05) is 36.4 Å². The zero-order valence-corrected chi connectivity index (χ0v) is 11.7. The molecule has 3 rings (SSSR count). The monoisotopic (exact) mass is 284 g/mol. The Morgan fingerprint density at radius 2 is 1.85 bits per heavy atom. The molecule has 0 saturated heterocycles. The van der Waals surface area contributed by atoms with E-state index < -0.39 is 0 Å². The number of hydrogen-bond acceptors (Lipinski definition) is 1. The summed E-state index contributed by atoms with van der Waals surface area (Å²) in [5.41, 5.74) is 3.29. The smallest absolute Gasteiger partial charge is 0.182 e. The molecule has 100 valence electrons. The van der Waals surface area contributed by atoms with Crippen molar-refractivity contribution < 1.29 is 4.39 Å². The van der Waals surface area contributed by atoms with Gasteiger partial charge in [0.2, 0.25) is 0 Å². The van der Waals surface area contributed by atoms with Crippen LogP contribution in [0.5, 0.6) is 0 Å². The molecule has 0 spiro atoms. The Balaban J connectivity index is 2.27. The van der Waals surface area contributed by atoms with Gasteiger partial charge in [0.15, 0.2) is 4.77 Å². The number of rotatable bonds is 2. The number of aryl methyl sites for hydroxylation is 1. The molecule has 1 aromatic heterocycles. The van der Waals surface area contributed by atoms with Crippen molar-refractivity contribution in [3.8, 4) is 16.9 Å². The topological polar surface area (TPSA) is 20.7 Å². The first kappa shape index (κ1) is 12.8. The second kappa shape index (κ2) is 5.06. The number of halogens is 1. The van der Waals surface area contributed by atoms with Crippen LogP contribution >= 0.6 is 12.2 Å². The number of nitrogens with one attached hydrogen (secondary N) is 1. The maximum Gasteiger partial charge on any atom is 0.182 e. The van der Waals surface area contributed by atoms with Gasteiger partial charge < -0.3 is 4.98 Å². The van der Waals surface area contributed by atoms with E-state index in [2.05, 4.69) is 4.98 Å². The number of H-pyrrole nitrogens is 1. The molecule has 1 N–H and O–H groups in total. The van der Waals surface area contributed by atoms with E-state index in [0.717, 1.165) is 16.8 Å². The highest BCUT2D eigenvalue weighted by Gasteiger charge is 2.12. The van der Waals surface area contributed by atoms with Crippen molar-refractivity contribution in [2.24, 2.45) is 0 Å². The standard InChI is InChI=1S/C16H13FN2S/c1-11-7-8-13(17)14(9-11)19-15(10-18-16(19)20)12-5-3-2-4-6-12/h2-10H,1H3,(H,18,20). The molecule has 3 aromatic rings. The molecule has 0 aliphatic rings. The van der Waals surface area contributed by atoms with Crippen molar-refractivity contribution in [3.05, 3.63) is 70.9 Å². The fourth-order valence-electron chi connectivity index (χ4n) is 2.22. The Hall–Kier alpha value is -2.20. The van der Waals surface area contributed by atoms with Gasteiger partial charge in [-0.3, -0.25) is 4.57 Å². The van der Waals surface area contributed by atoms with E-state index in [-0.39, 0.29) is 5.82 Å². The molecule has 0 aliphatic heterocycles. The number of benzene rings is 2. The molecule has 20 heavy (non-hydrogen) atoms. The summed E-state index contributed by atoms with van der Waals surface area (Å²) in [7, 11) is 0. The Labute approximate surface area is 121 Å². The minimum Gasteiger partial charge on any atom is -0.336 e. The van der Waals surface area contributed by atoms with Crippen molar-refractivity contribution in [2.75, 3.05) is 0 Å². The number of aromatic amines is 1. The molecular formula is C16H13FN2S. The summed E-state index contributed by atoms with van der Waals surface area (Å²) in [6.07, 6.45) is 1.80. The first-order valence-corrected chi connectivity index (χ1v) is 6.70. The SMILES string of the molecule is Cc1ccc(F)c(-n2c(-c3ccccc3)c[nH]c2=S)c1. The molecule has 1 heterocycles. The number of aromatic nitrogens is 2. The van der Waals surface area contributed by atoms with Crippen LogP contribution in [-0.2, 0) is 0 Å². The normalized spacial score (nSPS) is 10.7. The van der Waals surface area contributed by atoms with Crippen molar-refractivity contribution in [2.45, 2.75) is 6.92 Å². The van der Waals surface area contributed by atoms with Gasteiger partial charge in [-0.2, -0.15) is 0 Å². The second-order valence-corrected chi connectivity index (χ2v) is 5.02. The molecule has 0 bridgehead atoms. The van der Waals surface area contributed by atoms with E-state index in [1.54, 1.807) is 22.9 Å². The third kappa shape index (κ3) is 2.18. The van der Waals surface area contributed by atoms with Crippen LogP contribution in [0.1, 0.15) is 5.56 Å². The van der Waals surface area contributed by atoms with E-state index in [0.29, 0.717) is 10.5 Å². The van der Waals surface area contributed by atoms with Gasteiger partial charge in [-0.15, -0.1) is 0 Å². The Morgan fingerprint density at radius 1 is 1.10 bits per heavy atom. The van der Waals surface area contributed by atoms with Crippen LogP contribution in [0.4, 0.5) is 4.39 Å². The van der Waals surface area contributed by atoms with Crippen LogP contribution in [0.15, 0.2) is 54.7 Å². The Kier molecular flexibility index (Phi) is 3.24. The number of nitrogens with zero attached hydrogens (tertiary/aromatic N) is 1. The molecule has 0 aliphatic carbocycles. The van der Waals surface area contributed by atoms with Crippen LogP contribution in [-0.4, -0.2) is 9.55 Å². The fourth-order valence-corrected chi connectivity index (χ4v) is 2.48. The summed E-state index contributed by atoms with van der Waals surface area (Å²) in [5.74, 6) is -0.288. The van der Waals surface area contributed by atoms with Crippen LogP contribution < -0.4 is 0 Å². The molecule has 0 unspecified atom stereocenters. The van der Waals surface area contributed by atoms with Gasteiger partial charge in [0.05, 0.1) is 11.4 Å². The van der Waals surface area contributed by atoms with E-state index in [4.69, 9.17) is 12.2 Å². The lowest BCUT2D eigenvalue weighted by molar-refractivity contribution is 0.617. The third-order valence-electron chi connectivity index (χ3n) is 3.19. The average molecular weight is 284 g/mol. The van der Waals surface area contributed by atoms with Crippen LogP contribution in [0, 0.1) is 17.5 Å². The Morgan fingerprint density at radius 3 is 2.60 bits per heavy atom. The minimum absolute atomic E-state index is 0.288. The zero-order chi connectivity index (χ0) is 14.1. The lowest BCUT2D eigenvalue weighted by atomic mass is 10.1. The van der Waals surface area contributed by atoms with E-state index in [1.165, 1.54) is 6.07 Å². The van der Waals surface area contributed by atoms with Gasteiger partial charge >= 0.3 is 0 Å². The molecule has 0 fully saturated rings. The lowest BCUT2D eigenvalue weighted by Crippen LogP contribution is -2.00. The van der Waals surface area contributed by atoms with Crippen molar-refractivity contribution in [3.63, 3.8) is 0 Å². The van der Waals surface area contributed by atoms with E-state index in [9.17, 15) is 4.39 Å². The maximum atomic E-state index is 14.1. The first-order chi connectivity index (χ1) is 9.66. The summed E-state index contributed by atoms with van der Waals surface area (Å²) in [5, 5.41) is 0. The largest absolute Gasteiger partial charge is 0.336 e. The minimum atomic E-state index is -0.288. The third-order valence-corrected chi connectivity index (χ3v) is 3.49. The summed E-state index contributed by atoms with van der Waals surface area (Å²) < 4.78 is 16.3. The summed E-state index contributed by atoms with van der Waals surface area (Å²) in [4.78, 5) is 2.99. The van der Waals surface area contributed by atoms with Gasteiger partial charge in [-0.05, 0) is 36.8 Å². The predicted molar refractivity (Wildman–Crippen MR) is 81.1 cm³/mol. The number of imidazole rings is 1. The van der Waals surface area contributed by atoms with Crippen molar-refractivity contribution in [1.82, 2.24) is 9.55 Å². The number of hydrogen-bond donors (Lipinski definition) is 1. The van der Waals surface area contributed by atoms with Crippen LogP contribution in [0.25, 0.3) is 16.9 Å². The van der Waals surface area contributed by atoms with Gasteiger partial charge in [0, 0.05) is 11.8 Å². The molecule has 0 atom stereocenters.